The highest BCUT2D eigenvalue weighted by molar-refractivity contribution is 5.79. The van der Waals surface area contributed by atoms with E-state index >= 15 is 0 Å². The Kier molecular flexibility index (Phi) is 6.28. The van der Waals surface area contributed by atoms with E-state index in [1.54, 1.807) is 0 Å². The van der Waals surface area contributed by atoms with E-state index in [-0.39, 0.29) is 11.5 Å². The van der Waals surface area contributed by atoms with Crippen LogP contribution in [-0.4, -0.2) is 49.1 Å². The van der Waals surface area contributed by atoms with Gasteiger partial charge in [-0.25, -0.2) is 0 Å². The first kappa shape index (κ1) is 16.0. The van der Waals surface area contributed by atoms with Gasteiger partial charge in [0.15, 0.2) is 0 Å². The van der Waals surface area contributed by atoms with Gasteiger partial charge in [0.1, 0.15) is 5.60 Å². The normalized spacial score (nSPS) is 22.7. The van der Waals surface area contributed by atoms with Crippen molar-refractivity contribution in [3.8, 4) is 0 Å². The molecule has 110 valence electrons. The van der Waals surface area contributed by atoms with Crippen molar-refractivity contribution < 1.29 is 14.3 Å². The third-order valence-electron chi connectivity index (χ3n) is 3.23. The summed E-state index contributed by atoms with van der Waals surface area (Å²) < 4.78 is 4.55. The number of carbonyl (C=O) groups excluding carboxylic acids is 2. The average molecular weight is 270 g/mol. The van der Waals surface area contributed by atoms with Crippen molar-refractivity contribution in [2.45, 2.75) is 45.6 Å². The second-order valence-corrected chi connectivity index (χ2v) is 6.05. The summed E-state index contributed by atoms with van der Waals surface area (Å²) in [4.78, 5) is 23.4. The summed E-state index contributed by atoms with van der Waals surface area (Å²) in [6, 6.07) is 0. The van der Waals surface area contributed by atoms with Gasteiger partial charge in [-0.05, 0) is 46.6 Å². The third-order valence-corrected chi connectivity index (χ3v) is 3.23. The van der Waals surface area contributed by atoms with Crippen molar-refractivity contribution in [1.82, 2.24) is 10.2 Å². The van der Waals surface area contributed by atoms with Gasteiger partial charge in [-0.15, -0.1) is 0 Å². The summed E-state index contributed by atoms with van der Waals surface area (Å²) in [5.74, 6) is 0.667. The van der Waals surface area contributed by atoms with Gasteiger partial charge in [-0.2, -0.15) is 0 Å². The molecule has 19 heavy (non-hydrogen) atoms. The zero-order valence-corrected chi connectivity index (χ0v) is 12.3. The summed E-state index contributed by atoms with van der Waals surface area (Å²) in [7, 11) is 0. The van der Waals surface area contributed by atoms with Crippen LogP contribution in [0.4, 0.5) is 0 Å². The second-order valence-electron chi connectivity index (χ2n) is 6.05. The van der Waals surface area contributed by atoms with Crippen LogP contribution in [0.5, 0.6) is 0 Å². The molecular formula is C14H26N2O3. The Balaban J connectivity index is 0.000000224. The highest BCUT2D eigenvalue weighted by atomic mass is 16.5. The van der Waals surface area contributed by atoms with Crippen LogP contribution in [0.1, 0.15) is 40.0 Å². The average Bonchev–Trinajstić information content (AvgIpc) is 3.01. The molecule has 1 atom stereocenters. The smallest absolute Gasteiger partial charge is 0.293 e. The lowest BCUT2D eigenvalue weighted by Crippen LogP contribution is -2.34. The minimum Gasteiger partial charge on any atom is -0.462 e. The van der Waals surface area contributed by atoms with Crippen LogP contribution in [0, 0.1) is 5.92 Å². The molecular weight excluding hydrogens is 244 g/mol. The maximum Gasteiger partial charge on any atom is 0.293 e. The van der Waals surface area contributed by atoms with Crippen molar-refractivity contribution in [3.63, 3.8) is 0 Å². The number of likely N-dealkylation sites (tertiary alicyclic amines) is 1. The largest absolute Gasteiger partial charge is 0.462 e. The number of hydrogen-bond donors (Lipinski definition) is 1. The van der Waals surface area contributed by atoms with Gasteiger partial charge in [0, 0.05) is 19.6 Å². The molecule has 1 N–H and O–H groups in total. The highest BCUT2D eigenvalue weighted by Crippen LogP contribution is 2.16. The summed E-state index contributed by atoms with van der Waals surface area (Å²) in [5, 5.41) is 3.23. The maximum atomic E-state index is 11.7. The number of hydrogen-bond acceptors (Lipinski definition) is 4. The first-order valence-electron chi connectivity index (χ1n) is 7.05. The molecule has 0 bridgehead atoms. The van der Waals surface area contributed by atoms with Gasteiger partial charge in [0.2, 0.25) is 5.91 Å². The predicted molar refractivity (Wildman–Crippen MR) is 73.7 cm³/mol. The van der Waals surface area contributed by atoms with E-state index in [0.717, 1.165) is 32.6 Å². The molecule has 2 heterocycles. The molecule has 0 unspecified atom stereocenters. The predicted octanol–water partition coefficient (Wildman–Crippen LogP) is 1.18. The van der Waals surface area contributed by atoms with Gasteiger partial charge >= 0.3 is 0 Å². The topological polar surface area (TPSA) is 58.6 Å². The summed E-state index contributed by atoms with van der Waals surface area (Å²) in [6.45, 7) is 9.83. The molecule has 0 spiro atoms. The van der Waals surface area contributed by atoms with Crippen molar-refractivity contribution in [2.75, 3.05) is 26.2 Å². The van der Waals surface area contributed by atoms with E-state index in [2.05, 4.69) is 10.1 Å². The van der Waals surface area contributed by atoms with Gasteiger partial charge < -0.3 is 15.0 Å². The molecule has 0 aliphatic carbocycles. The number of nitrogens with zero attached hydrogens (tertiary/aromatic N) is 1. The minimum absolute atomic E-state index is 0.281. The van der Waals surface area contributed by atoms with Gasteiger partial charge in [-0.1, -0.05) is 0 Å². The number of rotatable bonds is 2. The fourth-order valence-corrected chi connectivity index (χ4v) is 2.21. The molecule has 1 amide bonds. The lowest BCUT2D eigenvalue weighted by atomic mass is 10.1. The Hall–Kier alpha value is -1.10. The SMILES string of the molecule is CC(C)(C)OC=O.O=C([C@@H]1CCNC1)N1CCCC1. The van der Waals surface area contributed by atoms with E-state index in [1.807, 2.05) is 25.7 Å². The van der Waals surface area contributed by atoms with Gasteiger partial charge in [0.25, 0.3) is 6.47 Å². The maximum absolute atomic E-state index is 11.7. The highest BCUT2D eigenvalue weighted by Gasteiger charge is 2.28. The third kappa shape index (κ3) is 6.05. The van der Waals surface area contributed by atoms with Crippen LogP contribution in [-0.2, 0) is 14.3 Å². The lowest BCUT2D eigenvalue weighted by Gasteiger charge is -2.18. The molecule has 2 fully saturated rings. The number of carbonyl (C=O) groups is 2. The van der Waals surface area contributed by atoms with E-state index < -0.39 is 0 Å². The van der Waals surface area contributed by atoms with Gasteiger partial charge in [0.05, 0.1) is 5.92 Å². The quantitative estimate of drug-likeness (QED) is 0.765. The Morgan fingerprint density at radius 1 is 1.32 bits per heavy atom. The molecule has 2 aliphatic heterocycles. The van der Waals surface area contributed by atoms with Crippen LogP contribution in [0.25, 0.3) is 0 Å². The molecule has 0 aromatic rings. The number of nitrogens with one attached hydrogen (secondary N) is 1. The summed E-state index contributed by atoms with van der Waals surface area (Å²) in [6.07, 6.45) is 3.44. The fourth-order valence-electron chi connectivity index (χ4n) is 2.21. The van der Waals surface area contributed by atoms with Crippen LogP contribution in [0.3, 0.4) is 0 Å². The van der Waals surface area contributed by atoms with Crippen molar-refractivity contribution in [2.24, 2.45) is 5.92 Å². The van der Waals surface area contributed by atoms with E-state index in [4.69, 9.17) is 0 Å². The summed E-state index contributed by atoms with van der Waals surface area (Å²) >= 11 is 0. The molecule has 0 aromatic heterocycles. The van der Waals surface area contributed by atoms with Crippen LogP contribution in [0.2, 0.25) is 0 Å². The van der Waals surface area contributed by atoms with Crippen molar-refractivity contribution in [1.29, 1.82) is 0 Å². The zero-order valence-electron chi connectivity index (χ0n) is 12.3. The second kappa shape index (κ2) is 7.48. The molecule has 0 radical (unpaired) electrons. The lowest BCUT2D eigenvalue weighted by molar-refractivity contribution is -0.138. The van der Waals surface area contributed by atoms with Crippen molar-refractivity contribution >= 4 is 12.4 Å². The van der Waals surface area contributed by atoms with Crippen molar-refractivity contribution in [3.05, 3.63) is 0 Å². The Bertz CT molecular complexity index is 270. The molecule has 5 heteroatoms. The Morgan fingerprint density at radius 2 is 1.95 bits per heavy atom. The zero-order chi connectivity index (χ0) is 14.3. The van der Waals surface area contributed by atoms with E-state index in [0.29, 0.717) is 12.4 Å². The monoisotopic (exact) mass is 270 g/mol. The van der Waals surface area contributed by atoms with E-state index in [9.17, 15) is 9.59 Å². The first-order valence-corrected chi connectivity index (χ1v) is 7.05. The number of ether oxygens (including phenoxy) is 1. The minimum atomic E-state index is -0.318. The molecule has 0 aromatic carbocycles. The standard InChI is InChI=1S/C9H16N2O.C5H10O2/c12-9(8-3-4-10-7-8)11-5-1-2-6-11;1-5(2,3)7-4-6/h8,10H,1-7H2;4H,1-3H3/t8-;/m1./s1. The fraction of sp³-hybridized carbons (Fsp3) is 0.857. The van der Waals surface area contributed by atoms with Crippen LogP contribution < -0.4 is 5.32 Å². The van der Waals surface area contributed by atoms with Crippen LogP contribution in [0.15, 0.2) is 0 Å². The molecule has 2 saturated heterocycles. The van der Waals surface area contributed by atoms with Crippen LogP contribution >= 0.6 is 0 Å². The van der Waals surface area contributed by atoms with E-state index in [1.165, 1.54) is 12.8 Å². The van der Waals surface area contributed by atoms with Gasteiger partial charge in [-0.3, -0.25) is 9.59 Å². The molecule has 2 rings (SSSR count). The summed E-state index contributed by atoms with van der Waals surface area (Å²) in [5.41, 5.74) is -0.318. The first-order chi connectivity index (χ1) is 8.94. The molecule has 2 aliphatic rings. The Labute approximate surface area is 115 Å². The Morgan fingerprint density at radius 3 is 2.32 bits per heavy atom. The molecule has 0 saturated carbocycles. The molecule has 5 nitrogen and oxygen atoms in total. The number of amides is 1.